The molecule has 1 heterocycles. The molecule has 0 aromatic carbocycles. The van der Waals surface area contributed by atoms with Crippen molar-refractivity contribution in [2.75, 3.05) is 5.88 Å². The molecule has 0 atom stereocenters. The fourth-order valence-corrected chi connectivity index (χ4v) is 1.19. The maximum absolute atomic E-state index is 9.16. The lowest BCUT2D eigenvalue weighted by Gasteiger charge is -1.95. The average molecular weight is 174 g/mol. The molecule has 0 fully saturated rings. The fraction of sp³-hybridized carbons (Fsp3) is 0.500. The third kappa shape index (κ3) is 2.46. The van der Waals surface area contributed by atoms with Gasteiger partial charge in [0.2, 0.25) is 0 Å². The summed E-state index contributed by atoms with van der Waals surface area (Å²) in [6.07, 6.45) is 4.69. The number of aromatic amines is 1. The monoisotopic (exact) mass is 173 g/mol. The van der Waals surface area contributed by atoms with Crippen molar-refractivity contribution >= 4 is 11.6 Å². The van der Waals surface area contributed by atoms with E-state index in [2.05, 4.69) is 4.98 Å². The molecule has 0 aliphatic heterocycles. The van der Waals surface area contributed by atoms with Crippen LogP contribution in [0.15, 0.2) is 12.3 Å². The number of alkyl halides is 1. The maximum atomic E-state index is 9.16. The van der Waals surface area contributed by atoms with E-state index >= 15 is 0 Å². The summed E-state index contributed by atoms with van der Waals surface area (Å²) in [5, 5.41) is 9.16. The molecule has 0 spiro atoms. The number of aryl methyl sites for hydroxylation is 1. The summed E-state index contributed by atoms with van der Waals surface area (Å²) < 4.78 is 0. The first-order valence-electron chi connectivity index (χ1n) is 3.76. The lowest BCUT2D eigenvalue weighted by Crippen LogP contribution is -1.83. The Balaban J connectivity index is 2.32. The van der Waals surface area contributed by atoms with Gasteiger partial charge >= 0.3 is 0 Å². The first-order chi connectivity index (χ1) is 5.34. The van der Waals surface area contributed by atoms with Crippen molar-refractivity contribution < 1.29 is 5.11 Å². The number of nitrogens with one attached hydrogen (secondary N) is 1. The predicted molar refractivity (Wildman–Crippen MR) is 46.1 cm³/mol. The highest BCUT2D eigenvalue weighted by molar-refractivity contribution is 6.17. The van der Waals surface area contributed by atoms with Crippen LogP contribution in [0.3, 0.4) is 0 Å². The second kappa shape index (κ2) is 4.29. The van der Waals surface area contributed by atoms with Crippen LogP contribution in [0.5, 0.6) is 5.88 Å². The van der Waals surface area contributed by atoms with Gasteiger partial charge in [0.1, 0.15) is 0 Å². The van der Waals surface area contributed by atoms with Crippen molar-refractivity contribution in [1.82, 2.24) is 4.98 Å². The zero-order chi connectivity index (χ0) is 8.10. The first-order valence-corrected chi connectivity index (χ1v) is 4.29. The number of hydrogen-bond acceptors (Lipinski definition) is 1. The SMILES string of the molecule is Oc1[nH]ccc1CCCCCl. The molecule has 0 amide bonds. The summed E-state index contributed by atoms with van der Waals surface area (Å²) in [6.45, 7) is 0. The first kappa shape index (κ1) is 8.47. The van der Waals surface area contributed by atoms with Gasteiger partial charge in [0.15, 0.2) is 5.88 Å². The Morgan fingerprint density at radius 3 is 2.82 bits per heavy atom. The Bertz CT molecular complexity index is 210. The molecule has 2 nitrogen and oxygen atoms in total. The van der Waals surface area contributed by atoms with Crippen molar-refractivity contribution in [2.45, 2.75) is 19.3 Å². The van der Waals surface area contributed by atoms with Crippen molar-refractivity contribution in [1.29, 1.82) is 0 Å². The van der Waals surface area contributed by atoms with E-state index in [-0.39, 0.29) is 0 Å². The lowest BCUT2D eigenvalue weighted by atomic mass is 10.1. The minimum atomic E-state index is 0.291. The smallest absolute Gasteiger partial charge is 0.191 e. The Morgan fingerprint density at radius 2 is 2.27 bits per heavy atom. The van der Waals surface area contributed by atoms with Gasteiger partial charge < -0.3 is 10.1 Å². The fourth-order valence-electron chi connectivity index (χ4n) is 1.00. The standard InChI is InChI=1S/C8H12ClNO/c9-5-2-1-3-7-4-6-10-8(7)11/h4,6,10-11H,1-3,5H2. The molecular weight excluding hydrogens is 162 g/mol. The second-order valence-corrected chi connectivity index (χ2v) is 2.88. The minimum absolute atomic E-state index is 0.291. The number of H-pyrrole nitrogens is 1. The molecule has 2 N–H and O–H groups in total. The Morgan fingerprint density at radius 1 is 1.45 bits per heavy atom. The van der Waals surface area contributed by atoms with E-state index in [0.717, 1.165) is 24.8 Å². The van der Waals surface area contributed by atoms with Crippen LogP contribution >= 0.6 is 11.6 Å². The molecule has 3 heteroatoms. The summed E-state index contributed by atoms with van der Waals surface area (Å²) in [7, 11) is 0. The number of aromatic nitrogens is 1. The normalized spacial score (nSPS) is 10.3. The van der Waals surface area contributed by atoms with E-state index in [0.29, 0.717) is 11.8 Å². The van der Waals surface area contributed by atoms with Crippen LogP contribution in [0.2, 0.25) is 0 Å². The number of aromatic hydroxyl groups is 1. The third-order valence-corrected chi connectivity index (χ3v) is 1.91. The Labute approximate surface area is 71.2 Å². The molecule has 0 radical (unpaired) electrons. The minimum Gasteiger partial charge on any atom is -0.494 e. The molecule has 0 aliphatic rings. The number of unbranched alkanes of at least 4 members (excludes halogenated alkanes) is 1. The van der Waals surface area contributed by atoms with Crippen LogP contribution in [0, 0.1) is 0 Å². The van der Waals surface area contributed by atoms with E-state index in [1.165, 1.54) is 0 Å². The van der Waals surface area contributed by atoms with E-state index < -0.39 is 0 Å². The number of hydrogen-bond donors (Lipinski definition) is 2. The molecule has 1 rings (SSSR count). The highest BCUT2D eigenvalue weighted by Crippen LogP contribution is 2.15. The van der Waals surface area contributed by atoms with E-state index in [9.17, 15) is 0 Å². The average Bonchev–Trinajstić information content (AvgIpc) is 2.37. The largest absolute Gasteiger partial charge is 0.494 e. The summed E-state index contributed by atoms with van der Waals surface area (Å²) in [5.41, 5.74) is 0.982. The van der Waals surface area contributed by atoms with E-state index in [1.807, 2.05) is 6.07 Å². The number of halogens is 1. The lowest BCUT2D eigenvalue weighted by molar-refractivity contribution is 0.449. The van der Waals surface area contributed by atoms with Crippen molar-refractivity contribution in [3.63, 3.8) is 0 Å². The molecule has 11 heavy (non-hydrogen) atoms. The molecule has 0 saturated carbocycles. The van der Waals surface area contributed by atoms with Crippen molar-refractivity contribution in [2.24, 2.45) is 0 Å². The molecule has 0 saturated heterocycles. The predicted octanol–water partition coefficient (Wildman–Crippen LogP) is 2.28. The molecule has 0 aliphatic carbocycles. The van der Waals surface area contributed by atoms with Crippen LogP contribution in [0.25, 0.3) is 0 Å². The van der Waals surface area contributed by atoms with Gasteiger partial charge in [-0.05, 0) is 25.3 Å². The molecular formula is C8H12ClNO. The van der Waals surface area contributed by atoms with Gasteiger partial charge in [0, 0.05) is 17.6 Å². The Kier molecular flexibility index (Phi) is 3.30. The van der Waals surface area contributed by atoms with Crippen molar-refractivity contribution in [3.8, 4) is 5.88 Å². The molecule has 0 bridgehead atoms. The zero-order valence-electron chi connectivity index (χ0n) is 6.31. The van der Waals surface area contributed by atoms with Gasteiger partial charge in [-0.25, -0.2) is 0 Å². The molecule has 62 valence electrons. The summed E-state index contributed by atoms with van der Waals surface area (Å²) >= 11 is 5.51. The van der Waals surface area contributed by atoms with E-state index in [4.69, 9.17) is 16.7 Å². The van der Waals surface area contributed by atoms with Gasteiger partial charge in [-0.3, -0.25) is 0 Å². The quantitative estimate of drug-likeness (QED) is 0.532. The molecule has 1 aromatic heterocycles. The third-order valence-electron chi connectivity index (χ3n) is 1.64. The van der Waals surface area contributed by atoms with Crippen LogP contribution in [0.4, 0.5) is 0 Å². The molecule has 0 unspecified atom stereocenters. The second-order valence-electron chi connectivity index (χ2n) is 2.50. The maximum Gasteiger partial charge on any atom is 0.191 e. The highest BCUT2D eigenvalue weighted by atomic mass is 35.5. The Hall–Kier alpha value is -0.630. The summed E-state index contributed by atoms with van der Waals surface area (Å²) in [5.74, 6) is 0.991. The van der Waals surface area contributed by atoms with E-state index in [1.54, 1.807) is 6.20 Å². The highest BCUT2D eigenvalue weighted by Gasteiger charge is 1.99. The van der Waals surface area contributed by atoms with Gasteiger partial charge in [0.05, 0.1) is 0 Å². The number of rotatable bonds is 4. The van der Waals surface area contributed by atoms with Gasteiger partial charge in [-0.15, -0.1) is 11.6 Å². The van der Waals surface area contributed by atoms with Crippen LogP contribution in [-0.4, -0.2) is 16.0 Å². The zero-order valence-corrected chi connectivity index (χ0v) is 7.06. The van der Waals surface area contributed by atoms with Crippen LogP contribution in [0.1, 0.15) is 18.4 Å². The van der Waals surface area contributed by atoms with Gasteiger partial charge in [-0.2, -0.15) is 0 Å². The summed E-state index contributed by atoms with van der Waals surface area (Å²) in [4.78, 5) is 2.72. The molecule has 1 aromatic rings. The van der Waals surface area contributed by atoms with Crippen LogP contribution < -0.4 is 0 Å². The van der Waals surface area contributed by atoms with Crippen molar-refractivity contribution in [3.05, 3.63) is 17.8 Å². The van der Waals surface area contributed by atoms with Gasteiger partial charge in [0.25, 0.3) is 0 Å². The van der Waals surface area contributed by atoms with Crippen LogP contribution in [-0.2, 0) is 6.42 Å². The summed E-state index contributed by atoms with van der Waals surface area (Å²) in [6, 6.07) is 1.89. The van der Waals surface area contributed by atoms with Gasteiger partial charge in [-0.1, -0.05) is 0 Å². The topological polar surface area (TPSA) is 36.0 Å².